The standard InChI is InChI=1S/C39H52F4O2/c1-3-5-6-7-8-9-10-28-11-13-29(14-12-28)15-16-30-17-19-31(20-18-30)32-21-23-33(24-22-32)37(41)34(40)27-45-36-26-25-35(44-4-2)38(42)39(36)43/h21-26,28-31,34,37H,3-14,17-20,27H2,1-2H3. The van der Waals surface area contributed by atoms with E-state index in [1.54, 1.807) is 19.1 Å². The number of hydrogen-bond acceptors (Lipinski definition) is 2. The number of hydrogen-bond donors (Lipinski definition) is 0. The van der Waals surface area contributed by atoms with Gasteiger partial charge in [0.1, 0.15) is 6.61 Å². The van der Waals surface area contributed by atoms with Crippen molar-refractivity contribution in [1.29, 1.82) is 0 Å². The molecular formula is C39H52F4O2. The van der Waals surface area contributed by atoms with Gasteiger partial charge in [-0.2, -0.15) is 8.78 Å². The summed E-state index contributed by atoms with van der Waals surface area (Å²) in [4.78, 5) is 0. The first-order valence-corrected chi connectivity index (χ1v) is 17.5. The van der Waals surface area contributed by atoms with Crippen LogP contribution in [-0.2, 0) is 0 Å². The van der Waals surface area contributed by atoms with Crippen LogP contribution in [0.3, 0.4) is 0 Å². The Morgan fingerprint density at radius 1 is 0.689 bits per heavy atom. The van der Waals surface area contributed by atoms with Gasteiger partial charge in [0.15, 0.2) is 23.8 Å². The molecule has 0 N–H and O–H groups in total. The van der Waals surface area contributed by atoms with Gasteiger partial charge >= 0.3 is 0 Å². The van der Waals surface area contributed by atoms with Crippen molar-refractivity contribution in [2.75, 3.05) is 13.2 Å². The summed E-state index contributed by atoms with van der Waals surface area (Å²) in [6.45, 7) is 3.35. The van der Waals surface area contributed by atoms with Crippen molar-refractivity contribution < 1.29 is 27.0 Å². The molecule has 45 heavy (non-hydrogen) atoms. The highest BCUT2D eigenvalue weighted by Gasteiger charge is 2.26. The molecule has 0 amide bonds. The lowest BCUT2D eigenvalue weighted by molar-refractivity contribution is 0.106. The van der Waals surface area contributed by atoms with Gasteiger partial charge in [0.25, 0.3) is 0 Å². The Labute approximate surface area is 268 Å². The highest BCUT2D eigenvalue weighted by Crippen LogP contribution is 2.37. The number of halogens is 4. The molecule has 2 aromatic carbocycles. The maximum atomic E-state index is 14.9. The zero-order valence-electron chi connectivity index (χ0n) is 27.3. The highest BCUT2D eigenvalue weighted by atomic mass is 19.2. The van der Waals surface area contributed by atoms with Crippen molar-refractivity contribution in [3.8, 4) is 23.3 Å². The minimum Gasteiger partial charge on any atom is -0.491 e. The van der Waals surface area contributed by atoms with Gasteiger partial charge in [-0.25, -0.2) is 8.78 Å². The van der Waals surface area contributed by atoms with Gasteiger partial charge < -0.3 is 9.47 Å². The fraction of sp³-hybridized carbons (Fsp3) is 0.641. The summed E-state index contributed by atoms with van der Waals surface area (Å²) in [7, 11) is 0. The van der Waals surface area contributed by atoms with Crippen molar-refractivity contribution in [2.24, 2.45) is 17.8 Å². The molecule has 248 valence electrons. The van der Waals surface area contributed by atoms with Gasteiger partial charge in [-0.3, -0.25) is 0 Å². The maximum Gasteiger partial charge on any atom is 0.204 e. The van der Waals surface area contributed by atoms with Crippen LogP contribution in [0.5, 0.6) is 11.5 Å². The quantitative estimate of drug-likeness (QED) is 0.111. The van der Waals surface area contributed by atoms with E-state index in [0.717, 1.165) is 43.2 Å². The summed E-state index contributed by atoms with van der Waals surface area (Å²) in [6, 6.07) is 9.38. The lowest BCUT2D eigenvalue weighted by Gasteiger charge is -2.27. The second-order valence-electron chi connectivity index (χ2n) is 13.1. The summed E-state index contributed by atoms with van der Waals surface area (Å²) in [6.07, 6.45) is 15.2. The minimum absolute atomic E-state index is 0.168. The lowest BCUT2D eigenvalue weighted by atomic mass is 9.77. The zero-order valence-corrected chi connectivity index (χ0v) is 27.3. The summed E-state index contributed by atoms with van der Waals surface area (Å²) < 4.78 is 67.9. The SMILES string of the molecule is CCCCCCCCC1CCC(C#CC2CCC(c3ccc(C(F)C(F)COc4ccc(OCC)c(F)c4F)cc3)CC2)CC1. The first kappa shape index (κ1) is 35.2. The van der Waals surface area contributed by atoms with Gasteiger partial charge in [0, 0.05) is 11.8 Å². The maximum absolute atomic E-state index is 14.9. The summed E-state index contributed by atoms with van der Waals surface area (Å²) in [5.41, 5.74) is 1.34. The number of rotatable bonds is 15. The molecule has 2 atom stereocenters. The average molecular weight is 629 g/mol. The Hall–Kier alpha value is -2.68. The van der Waals surface area contributed by atoms with Gasteiger partial charge in [0.2, 0.25) is 11.6 Å². The molecule has 0 aliphatic heterocycles. The summed E-state index contributed by atoms with van der Waals surface area (Å²) >= 11 is 0. The molecule has 2 saturated carbocycles. The van der Waals surface area contributed by atoms with Crippen LogP contribution < -0.4 is 9.47 Å². The molecule has 2 unspecified atom stereocenters. The predicted octanol–water partition coefficient (Wildman–Crippen LogP) is 11.6. The van der Waals surface area contributed by atoms with E-state index in [4.69, 9.17) is 9.47 Å². The van der Waals surface area contributed by atoms with Crippen LogP contribution in [0.2, 0.25) is 0 Å². The van der Waals surface area contributed by atoms with E-state index < -0.39 is 36.3 Å². The van der Waals surface area contributed by atoms with Crippen molar-refractivity contribution >= 4 is 0 Å². The van der Waals surface area contributed by atoms with Crippen LogP contribution in [-0.4, -0.2) is 19.4 Å². The van der Waals surface area contributed by atoms with Crippen LogP contribution >= 0.6 is 0 Å². The number of unbranched alkanes of at least 4 members (excludes halogenated alkanes) is 5. The Morgan fingerprint density at radius 2 is 1.24 bits per heavy atom. The smallest absolute Gasteiger partial charge is 0.204 e. The molecule has 0 aromatic heterocycles. The molecule has 2 aliphatic carbocycles. The largest absolute Gasteiger partial charge is 0.491 e. The summed E-state index contributed by atoms with van der Waals surface area (Å²) in [5, 5.41) is 0. The normalized spacial score (nSPS) is 23.1. The molecule has 2 aromatic rings. The van der Waals surface area contributed by atoms with E-state index in [0.29, 0.717) is 17.8 Å². The van der Waals surface area contributed by atoms with E-state index in [1.165, 1.54) is 76.7 Å². The van der Waals surface area contributed by atoms with Crippen LogP contribution in [0, 0.1) is 41.2 Å². The first-order chi connectivity index (χ1) is 21.9. The molecular weight excluding hydrogens is 576 g/mol. The Morgan fingerprint density at radius 3 is 1.84 bits per heavy atom. The van der Waals surface area contributed by atoms with Crippen LogP contribution in [0.1, 0.15) is 133 Å². The predicted molar refractivity (Wildman–Crippen MR) is 174 cm³/mol. The minimum atomic E-state index is -2.03. The van der Waals surface area contributed by atoms with Crippen LogP contribution in [0.4, 0.5) is 17.6 Å². The van der Waals surface area contributed by atoms with Gasteiger partial charge in [0.05, 0.1) is 6.61 Å². The highest BCUT2D eigenvalue weighted by molar-refractivity contribution is 5.35. The third-order valence-corrected chi connectivity index (χ3v) is 9.78. The van der Waals surface area contributed by atoms with Crippen molar-refractivity contribution in [3.63, 3.8) is 0 Å². The van der Waals surface area contributed by atoms with Gasteiger partial charge in [-0.1, -0.05) is 88.0 Å². The molecule has 0 heterocycles. The van der Waals surface area contributed by atoms with E-state index in [9.17, 15) is 17.6 Å². The fourth-order valence-corrected chi connectivity index (χ4v) is 6.92. The molecule has 2 aliphatic rings. The Bertz CT molecular complexity index is 1200. The molecule has 0 spiro atoms. The Balaban J connectivity index is 1.16. The van der Waals surface area contributed by atoms with Gasteiger partial charge in [-0.15, -0.1) is 0 Å². The Kier molecular flexibility index (Phi) is 14.4. The van der Waals surface area contributed by atoms with E-state index in [2.05, 4.69) is 18.8 Å². The zero-order chi connectivity index (χ0) is 32.0. The monoisotopic (exact) mass is 628 g/mol. The van der Waals surface area contributed by atoms with Crippen LogP contribution in [0.15, 0.2) is 36.4 Å². The molecule has 6 heteroatoms. The van der Waals surface area contributed by atoms with Gasteiger partial charge in [-0.05, 0) is 93.4 Å². The third-order valence-electron chi connectivity index (χ3n) is 9.78. The number of alkyl halides is 2. The number of benzene rings is 2. The topological polar surface area (TPSA) is 18.5 Å². The average Bonchev–Trinajstić information content (AvgIpc) is 3.07. The van der Waals surface area contributed by atoms with Crippen molar-refractivity contribution in [2.45, 2.75) is 128 Å². The van der Waals surface area contributed by atoms with E-state index >= 15 is 0 Å². The first-order valence-electron chi connectivity index (χ1n) is 17.5. The molecule has 2 fully saturated rings. The molecule has 0 bridgehead atoms. The fourth-order valence-electron chi connectivity index (χ4n) is 6.92. The summed E-state index contributed by atoms with van der Waals surface area (Å²) in [5.74, 6) is 6.36. The third kappa shape index (κ3) is 10.7. The second kappa shape index (κ2) is 18.5. The van der Waals surface area contributed by atoms with E-state index in [-0.39, 0.29) is 17.9 Å². The molecule has 0 saturated heterocycles. The molecule has 2 nitrogen and oxygen atoms in total. The lowest BCUT2D eigenvalue weighted by Crippen LogP contribution is -2.19. The van der Waals surface area contributed by atoms with Crippen molar-refractivity contribution in [1.82, 2.24) is 0 Å². The van der Waals surface area contributed by atoms with E-state index in [1.807, 2.05) is 12.1 Å². The second-order valence-corrected chi connectivity index (χ2v) is 13.1. The molecule has 0 radical (unpaired) electrons. The van der Waals surface area contributed by atoms with Crippen LogP contribution in [0.25, 0.3) is 0 Å². The molecule has 4 rings (SSSR count). The van der Waals surface area contributed by atoms with Crippen molar-refractivity contribution in [3.05, 3.63) is 59.2 Å². The number of ether oxygens (including phenoxy) is 2.